The van der Waals surface area contributed by atoms with E-state index in [9.17, 15) is 9.18 Å². The van der Waals surface area contributed by atoms with Crippen molar-refractivity contribution in [3.05, 3.63) is 29.8 Å². The predicted molar refractivity (Wildman–Crippen MR) is 68.7 cm³/mol. The molecule has 0 spiro atoms. The van der Waals surface area contributed by atoms with Gasteiger partial charge in [-0.1, -0.05) is 12.1 Å². The van der Waals surface area contributed by atoms with Gasteiger partial charge in [-0.2, -0.15) is 0 Å². The van der Waals surface area contributed by atoms with Gasteiger partial charge in [-0.15, -0.1) is 12.4 Å². The van der Waals surface area contributed by atoms with Gasteiger partial charge in [-0.25, -0.2) is 9.18 Å². The molecule has 1 unspecified atom stereocenters. The van der Waals surface area contributed by atoms with Crippen molar-refractivity contribution in [2.45, 2.75) is 19.1 Å². The lowest BCUT2D eigenvalue weighted by Crippen LogP contribution is -2.31. The lowest BCUT2D eigenvalue weighted by Gasteiger charge is -2.16. The Bertz CT molecular complexity index is 372. The Hall–Kier alpha value is -1.33. The Balaban J connectivity index is 0.00000289. The van der Waals surface area contributed by atoms with Gasteiger partial charge in [0.1, 0.15) is 5.75 Å². The van der Waals surface area contributed by atoms with Crippen molar-refractivity contribution in [1.82, 2.24) is 0 Å². The number of alkyl halides is 1. The van der Waals surface area contributed by atoms with E-state index in [4.69, 9.17) is 10.5 Å². The molecule has 0 heterocycles. The molecule has 0 bridgehead atoms. The molecule has 4 nitrogen and oxygen atoms in total. The van der Waals surface area contributed by atoms with Gasteiger partial charge in [-0.05, 0) is 24.6 Å². The first kappa shape index (κ1) is 16.7. The number of esters is 1. The number of halogens is 2. The monoisotopic (exact) mass is 277 g/mol. The zero-order valence-electron chi connectivity index (χ0n) is 10.3. The fraction of sp³-hybridized carbons (Fsp3) is 0.417. The van der Waals surface area contributed by atoms with Gasteiger partial charge in [0.05, 0.1) is 19.8 Å². The van der Waals surface area contributed by atoms with Crippen LogP contribution in [0.2, 0.25) is 0 Å². The highest BCUT2D eigenvalue weighted by atomic mass is 35.5. The maximum Gasteiger partial charge on any atom is 0.342 e. The number of methoxy groups -OCH3 is 1. The maximum absolute atomic E-state index is 13.6. The molecule has 6 heteroatoms. The standard InChI is InChI=1S/C12H16FNO3.ClH/c1-3-17-12(15)10(13)11(14)8-4-6-9(16-2)7-5-8;/h4-7,10-11H,3,14H2,1-2H3;1H/t10?,11-;/m1./s1. The Morgan fingerprint density at radius 1 is 1.39 bits per heavy atom. The fourth-order valence-electron chi connectivity index (χ4n) is 1.36. The number of hydrogen-bond donors (Lipinski definition) is 1. The fourth-order valence-corrected chi connectivity index (χ4v) is 1.36. The van der Waals surface area contributed by atoms with Gasteiger partial charge in [-0.3, -0.25) is 0 Å². The van der Waals surface area contributed by atoms with Crippen molar-refractivity contribution in [3.8, 4) is 5.75 Å². The largest absolute Gasteiger partial charge is 0.497 e. The number of benzene rings is 1. The van der Waals surface area contributed by atoms with E-state index in [2.05, 4.69) is 4.74 Å². The van der Waals surface area contributed by atoms with E-state index < -0.39 is 18.2 Å². The Morgan fingerprint density at radius 3 is 2.39 bits per heavy atom. The highest BCUT2D eigenvalue weighted by molar-refractivity contribution is 5.85. The van der Waals surface area contributed by atoms with Crippen LogP contribution in [0.3, 0.4) is 0 Å². The molecule has 2 N–H and O–H groups in total. The molecule has 0 aliphatic heterocycles. The number of rotatable bonds is 5. The van der Waals surface area contributed by atoms with Gasteiger partial charge in [0.2, 0.25) is 6.17 Å². The smallest absolute Gasteiger partial charge is 0.342 e. The molecule has 18 heavy (non-hydrogen) atoms. The van der Waals surface area contributed by atoms with Crippen LogP contribution < -0.4 is 10.5 Å². The lowest BCUT2D eigenvalue weighted by atomic mass is 10.0. The van der Waals surface area contributed by atoms with Crippen molar-refractivity contribution in [1.29, 1.82) is 0 Å². The summed E-state index contributed by atoms with van der Waals surface area (Å²) in [7, 11) is 1.53. The average Bonchev–Trinajstić information content (AvgIpc) is 2.37. The van der Waals surface area contributed by atoms with Crippen molar-refractivity contribution in [2.75, 3.05) is 13.7 Å². The van der Waals surface area contributed by atoms with Crippen molar-refractivity contribution in [3.63, 3.8) is 0 Å². The lowest BCUT2D eigenvalue weighted by molar-refractivity contribution is -0.149. The summed E-state index contributed by atoms with van der Waals surface area (Å²) in [6.07, 6.45) is -1.86. The quantitative estimate of drug-likeness (QED) is 0.837. The molecule has 0 saturated carbocycles. The summed E-state index contributed by atoms with van der Waals surface area (Å²) in [4.78, 5) is 11.2. The first-order valence-corrected chi connectivity index (χ1v) is 5.30. The normalized spacial score (nSPS) is 13.1. The summed E-state index contributed by atoms with van der Waals surface area (Å²) in [6, 6.07) is 5.53. The molecule has 1 aromatic rings. The Labute approximate surface area is 112 Å². The van der Waals surface area contributed by atoms with E-state index in [0.717, 1.165) is 0 Å². The number of ether oxygens (including phenoxy) is 2. The van der Waals surface area contributed by atoms with Crippen LogP contribution in [0, 0.1) is 0 Å². The van der Waals surface area contributed by atoms with Gasteiger partial charge >= 0.3 is 5.97 Å². The van der Waals surface area contributed by atoms with Crippen LogP contribution in [0.25, 0.3) is 0 Å². The molecule has 0 saturated heterocycles. The third-order valence-electron chi connectivity index (χ3n) is 2.33. The maximum atomic E-state index is 13.6. The highest BCUT2D eigenvalue weighted by Gasteiger charge is 2.27. The second-order valence-corrected chi connectivity index (χ2v) is 3.45. The van der Waals surface area contributed by atoms with Gasteiger partial charge in [0.15, 0.2) is 0 Å². The molecule has 0 fully saturated rings. The topological polar surface area (TPSA) is 61.5 Å². The summed E-state index contributed by atoms with van der Waals surface area (Å²) in [5, 5.41) is 0. The zero-order chi connectivity index (χ0) is 12.8. The van der Waals surface area contributed by atoms with E-state index in [0.29, 0.717) is 11.3 Å². The minimum absolute atomic E-state index is 0. The van der Waals surface area contributed by atoms with Crippen molar-refractivity contribution >= 4 is 18.4 Å². The summed E-state index contributed by atoms with van der Waals surface area (Å²) in [6.45, 7) is 1.75. The molecule has 1 rings (SSSR count). The minimum atomic E-state index is -1.86. The van der Waals surface area contributed by atoms with Gasteiger partial charge < -0.3 is 15.2 Å². The minimum Gasteiger partial charge on any atom is -0.497 e. The summed E-state index contributed by atoms with van der Waals surface area (Å²) in [5.74, 6) is -0.289. The van der Waals surface area contributed by atoms with Crippen molar-refractivity contribution < 1.29 is 18.7 Å². The molecule has 0 aliphatic rings. The van der Waals surface area contributed by atoms with E-state index in [1.54, 1.807) is 31.2 Å². The van der Waals surface area contributed by atoms with Crippen molar-refractivity contribution in [2.24, 2.45) is 5.73 Å². The van der Waals surface area contributed by atoms with Crippen LogP contribution in [0.1, 0.15) is 18.5 Å². The van der Waals surface area contributed by atoms with Crippen LogP contribution in [0.15, 0.2) is 24.3 Å². The molecule has 0 aliphatic carbocycles. The number of carbonyl (C=O) groups is 1. The second kappa shape index (κ2) is 7.89. The van der Waals surface area contributed by atoms with Gasteiger partial charge in [0, 0.05) is 0 Å². The number of nitrogens with two attached hydrogens (primary N) is 1. The number of hydrogen-bond acceptors (Lipinski definition) is 4. The first-order valence-electron chi connectivity index (χ1n) is 5.30. The molecule has 0 radical (unpaired) electrons. The van der Waals surface area contributed by atoms with Crippen LogP contribution >= 0.6 is 12.4 Å². The second-order valence-electron chi connectivity index (χ2n) is 3.45. The highest BCUT2D eigenvalue weighted by Crippen LogP contribution is 2.20. The summed E-state index contributed by atoms with van der Waals surface area (Å²) in [5.41, 5.74) is 6.16. The van der Waals surface area contributed by atoms with E-state index in [1.165, 1.54) is 7.11 Å². The third-order valence-corrected chi connectivity index (χ3v) is 2.33. The molecule has 0 aromatic heterocycles. The summed E-state index contributed by atoms with van der Waals surface area (Å²) < 4.78 is 23.2. The summed E-state index contributed by atoms with van der Waals surface area (Å²) >= 11 is 0. The molecule has 0 amide bonds. The van der Waals surface area contributed by atoms with E-state index in [1.807, 2.05) is 0 Å². The van der Waals surface area contributed by atoms with Gasteiger partial charge in [0.25, 0.3) is 0 Å². The van der Waals surface area contributed by atoms with E-state index in [-0.39, 0.29) is 19.0 Å². The third kappa shape index (κ3) is 4.16. The van der Waals surface area contributed by atoms with E-state index >= 15 is 0 Å². The van der Waals surface area contributed by atoms with Crippen LogP contribution in [-0.2, 0) is 9.53 Å². The first-order chi connectivity index (χ1) is 8.10. The van der Waals surface area contributed by atoms with Crippen LogP contribution in [-0.4, -0.2) is 25.9 Å². The molecule has 1 aromatic carbocycles. The molecular weight excluding hydrogens is 261 g/mol. The Kier molecular flexibility index (Phi) is 7.31. The SMILES string of the molecule is CCOC(=O)C(F)[C@H](N)c1ccc(OC)cc1.Cl. The van der Waals surface area contributed by atoms with Crippen LogP contribution in [0.4, 0.5) is 4.39 Å². The molecular formula is C12H17ClFNO3. The van der Waals surface area contributed by atoms with Crippen LogP contribution in [0.5, 0.6) is 5.75 Å². The Morgan fingerprint density at radius 2 is 1.94 bits per heavy atom. The zero-order valence-corrected chi connectivity index (χ0v) is 11.1. The average molecular weight is 278 g/mol. The molecule has 2 atom stereocenters. The predicted octanol–water partition coefficient (Wildman–Crippen LogP) is 2.02. The molecule has 102 valence electrons. The number of carbonyl (C=O) groups excluding carboxylic acids is 1.